The number of piperazine rings is 1. The number of piperidine rings is 1. The number of fused-ring (bicyclic) bond motifs is 1. The third kappa shape index (κ3) is 10.6. The summed E-state index contributed by atoms with van der Waals surface area (Å²) in [5.41, 5.74) is 5.46. The summed E-state index contributed by atoms with van der Waals surface area (Å²) in [6.45, 7) is 11.5. The van der Waals surface area contributed by atoms with Crippen LogP contribution in [0.3, 0.4) is 0 Å². The van der Waals surface area contributed by atoms with Crippen molar-refractivity contribution in [3.63, 3.8) is 0 Å². The van der Waals surface area contributed by atoms with Crippen LogP contribution in [0.4, 0.5) is 17.1 Å². The van der Waals surface area contributed by atoms with Gasteiger partial charge in [-0.15, -0.1) is 0 Å². The van der Waals surface area contributed by atoms with E-state index in [9.17, 15) is 23.3 Å². The second-order valence-corrected chi connectivity index (χ2v) is 21.5. The lowest BCUT2D eigenvalue weighted by Crippen LogP contribution is -2.60. The van der Waals surface area contributed by atoms with Crippen molar-refractivity contribution < 1.29 is 37.1 Å². The summed E-state index contributed by atoms with van der Waals surface area (Å²) in [5.74, 6) is 0.821. The Morgan fingerprint density at radius 3 is 2.51 bits per heavy atom. The Hall–Kier alpha value is -6.57. The molecule has 3 saturated heterocycles. The van der Waals surface area contributed by atoms with Crippen LogP contribution in [0, 0.1) is 15.5 Å². The fourth-order valence-corrected chi connectivity index (χ4v) is 12.0. The highest BCUT2D eigenvalue weighted by atomic mass is 32.2. The molecule has 0 radical (unpaired) electrons. The van der Waals surface area contributed by atoms with Crippen LogP contribution in [0.1, 0.15) is 78.5 Å². The standard InChI is InChI=1S/C54H62N8O9S/c1-36(2)45-6-4-5-7-46(45)50-34-59(33-37-8-11-41(68-3)12-9-37)22-23-61(50)40-29-54(30-40)17-20-60(21-18-54)39-10-14-47(51(27-39)71-42-26-38-16-19-55-52(38)57-31-42)53(63)58-72(66,67)44-13-15-48(49(28-44)62(64)65)56-32-43-35-69-24-25-70-43/h4-16,19,26-28,31,36,40,43,50,56H,17-18,20-25,29-30,32-35H2,1-3H3,(H,55,57)(H,58,63)/t43-,50?/m0/s1. The molecule has 1 spiro atoms. The Bertz CT molecular complexity index is 3020. The number of nitro groups is 1. The molecule has 1 saturated carbocycles. The Kier molecular flexibility index (Phi) is 14.2. The van der Waals surface area contributed by atoms with E-state index in [1.165, 1.54) is 35.0 Å². The van der Waals surface area contributed by atoms with Crippen LogP contribution in [-0.2, 0) is 26.0 Å². The maximum absolute atomic E-state index is 14.1. The van der Waals surface area contributed by atoms with Crippen LogP contribution in [0.5, 0.6) is 17.2 Å². The molecule has 1 aliphatic carbocycles. The molecule has 4 fully saturated rings. The summed E-state index contributed by atoms with van der Waals surface area (Å²) >= 11 is 0. The fourth-order valence-electron chi connectivity index (χ4n) is 11.0. The third-order valence-electron chi connectivity index (χ3n) is 15.0. The van der Waals surface area contributed by atoms with Crippen LogP contribution >= 0.6 is 0 Å². The summed E-state index contributed by atoms with van der Waals surface area (Å²) in [4.78, 5) is 40.3. The quantitative estimate of drug-likeness (QED) is 0.0616. The Morgan fingerprint density at radius 2 is 1.76 bits per heavy atom. The van der Waals surface area contributed by atoms with Gasteiger partial charge in [-0.05, 0) is 102 Å². The molecule has 378 valence electrons. The number of sulfonamides is 1. The van der Waals surface area contributed by atoms with Crippen molar-refractivity contribution in [2.45, 2.75) is 75.1 Å². The van der Waals surface area contributed by atoms with Crippen molar-refractivity contribution in [2.75, 3.05) is 76.4 Å². The molecule has 10 rings (SSSR count). The van der Waals surface area contributed by atoms with Crippen molar-refractivity contribution in [2.24, 2.45) is 5.41 Å². The largest absolute Gasteiger partial charge is 0.497 e. The Labute approximate surface area is 420 Å². The SMILES string of the molecule is COc1ccc(CN2CCN(C3CC4(CCN(c5ccc(C(=O)NS(=O)(=O)c6ccc(NC[C@H]7COCCO7)c([N+](=O)[O-])c6)c(Oc6cnc7[nH]ccc7c6)c5)CC4)C3)C(c3ccccc3C(C)C)C2)cc1. The van der Waals surface area contributed by atoms with E-state index < -0.39 is 31.4 Å². The zero-order valence-corrected chi connectivity index (χ0v) is 41.7. The van der Waals surface area contributed by atoms with Crippen molar-refractivity contribution in [3.8, 4) is 17.2 Å². The fraction of sp³-hybridized carbons (Fsp3) is 0.407. The molecule has 72 heavy (non-hydrogen) atoms. The van der Waals surface area contributed by atoms with Gasteiger partial charge in [-0.1, -0.05) is 50.2 Å². The number of aromatic amines is 1. The number of nitrogens with one attached hydrogen (secondary N) is 3. The second-order valence-electron chi connectivity index (χ2n) is 19.9. The first-order valence-electron chi connectivity index (χ1n) is 24.8. The highest BCUT2D eigenvalue weighted by molar-refractivity contribution is 7.90. The summed E-state index contributed by atoms with van der Waals surface area (Å²) in [6, 6.07) is 30.4. The minimum absolute atomic E-state index is 0.0352. The number of hydrogen-bond acceptors (Lipinski definition) is 14. The highest BCUT2D eigenvalue weighted by Gasteiger charge is 2.50. The summed E-state index contributed by atoms with van der Waals surface area (Å²) in [5, 5.41) is 15.9. The van der Waals surface area contributed by atoms with Crippen molar-refractivity contribution in [1.29, 1.82) is 0 Å². The van der Waals surface area contributed by atoms with Gasteiger partial charge in [0.25, 0.3) is 21.6 Å². The van der Waals surface area contributed by atoms with E-state index in [0.29, 0.717) is 49.2 Å². The maximum Gasteiger partial charge on any atom is 0.293 e. The van der Waals surface area contributed by atoms with Crippen LogP contribution in [0.25, 0.3) is 11.0 Å². The molecule has 2 aromatic heterocycles. The van der Waals surface area contributed by atoms with Gasteiger partial charge in [0.1, 0.15) is 28.6 Å². The lowest BCUT2D eigenvalue weighted by Gasteiger charge is -2.58. The van der Waals surface area contributed by atoms with Crippen LogP contribution in [-0.4, -0.2) is 117 Å². The molecule has 4 aromatic carbocycles. The number of nitrogens with zero attached hydrogens (tertiary/aromatic N) is 5. The number of benzene rings is 4. The number of methoxy groups -OCH3 is 1. The van der Waals surface area contributed by atoms with E-state index in [4.69, 9.17) is 18.9 Å². The Balaban J connectivity index is 0.835. The van der Waals surface area contributed by atoms with E-state index in [-0.39, 0.29) is 35.1 Å². The highest BCUT2D eigenvalue weighted by Crippen LogP contribution is 2.53. The first kappa shape index (κ1) is 49.0. The number of H-pyrrole nitrogens is 1. The molecule has 5 heterocycles. The van der Waals surface area contributed by atoms with E-state index in [1.54, 1.807) is 31.5 Å². The number of rotatable bonds is 16. The van der Waals surface area contributed by atoms with E-state index in [1.807, 2.05) is 24.3 Å². The first-order chi connectivity index (χ1) is 34.8. The summed E-state index contributed by atoms with van der Waals surface area (Å²) in [6.07, 6.45) is 7.30. The van der Waals surface area contributed by atoms with Gasteiger partial charge in [-0.25, -0.2) is 18.1 Å². The average molecular weight is 999 g/mol. The molecule has 1 unspecified atom stereocenters. The second kappa shape index (κ2) is 20.9. The molecule has 2 atom stereocenters. The van der Waals surface area contributed by atoms with Gasteiger partial charge in [-0.3, -0.25) is 24.7 Å². The predicted octanol–water partition coefficient (Wildman–Crippen LogP) is 8.65. The molecule has 3 aliphatic heterocycles. The Morgan fingerprint density at radius 1 is 0.958 bits per heavy atom. The summed E-state index contributed by atoms with van der Waals surface area (Å²) < 4.78 is 52.5. The zero-order chi connectivity index (χ0) is 50.0. The number of amides is 1. The molecule has 6 aromatic rings. The van der Waals surface area contributed by atoms with Gasteiger partial charge >= 0.3 is 0 Å². The average Bonchev–Trinajstić information content (AvgIpc) is 3.86. The molecule has 4 aliphatic rings. The minimum atomic E-state index is -4.59. The molecule has 3 N–H and O–H groups in total. The van der Waals surface area contributed by atoms with Crippen LogP contribution in [0.15, 0.2) is 114 Å². The summed E-state index contributed by atoms with van der Waals surface area (Å²) in [7, 11) is -2.89. The lowest BCUT2D eigenvalue weighted by molar-refractivity contribution is -0.384. The number of nitro benzene ring substituents is 1. The van der Waals surface area contributed by atoms with Crippen LogP contribution < -0.4 is 24.4 Å². The normalized spacial score (nSPS) is 19.8. The van der Waals surface area contributed by atoms with Crippen molar-refractivity contribution >= 4 is 44.0 Å². The molecule has 0 bridgehead atoms. The molecule has 1 amide bonds. The lowest BCUT2D eigenvalue weighted by atomic mass is 9.59. The van der Waals surface area contributed by atoms with E-state index in [2.05, 4.69) is 85.0 Å². The van der Waals surface area contributed by atoms with Gasteiger partial charge < -0.3 is 34.1 Å². The number of carbonyl (C=O) groups excluding carboxylic acids is 1. The number of hydrogen-bond donors (Lipinski definition) is 3. The molecular weight excluding hydrogens is 937 g/mol. The minimum Gasteiger partial charge on any atom is -0.497 e. The predicted molar refractivity (Wildman–Crippen MR) is 275 cm³/mol. The smallest absolute Gasteiger partial charge is 0.293 e. The van der Waals surface area contributed by atoms with Gasteiger partial charge in [0.15, 0.2) is 0 Å². The molecule has 17 nitrogen and oxygen atoms in total. The topological polar surface area (TPSA) is 194 Å². The molecular formula is C54H62N8O9S. The van der Waals surface area contributed by atoms with Gasteiger partial charge in [0.2, 0.25) is 0 Å². The number of aromatic nitrogens is 2. The van der Waals surface area contributed by atoms with Gasteiger partial charge in [0, 0.05) is 87.3 Å². The van der Waals surface area contributed by atoms with Gasteiger partial charge in [-0.2, -0.15) is 0 Å². The van der Waals surface area contributed by atoms with E-state index in [0.717, 1.165) is 87.8 Å². The zero-order valence-electron chi connectivity index (χ0n) is 40.9. The van der Waals surface area contributed by atoms with Gasteiger partial charge in [0.05, 0.1) is 54.6 Å². The van der Waals surface area contributed by atoms with E-state index >= 15 is 0 Å². The monoisotopic (exact) mass is 998 g/mol. The first-order valence-corrected chi connectivity index (χ1v) is 26.3. The third-order valence-corrected chi connectivity index (χ3v) is 16.3. The van der Waals surface area contributed by atoms with Crippen molar-refractivity contribution in [3.05, 3.63) is 142 Å². The van der Waals surface area contributed by atoms with Crippen LogP contribution in [0.2, 0.25) is 0 Å². The molecule has 18 heteroatoms. The maximum atomic E-state index is 14.1. The number of pyridine rings is 1. The number of anilines is 2. The number of carbonyl (C=O) groups is 1. The number of ether oxygens (including phenoxy) is 4. The van der Waals surface area contributed by atoms with Crippen molar-refractivity contribution in [1.82, 2.24) is 24.5 Å².